The van der Waals surface area contributed by atoms with E-state index in [2.05, 4.69) is 21.2 Å². The second kappa shape index (κ2) is 8.66. The van der Waals surface area contributed by atoms with Gasteiger partial charge >= 0.3 is 0 Å². The maximum atomic E-state index is 12.4. The fourth-order valence-corrected chi connectivity index (χ4v) is 2.87. The number of anilines is 1. The van der Waals surface area contributed by atoms with Crippen molar-refractivity contribution in [2.45, 2.75) is 13.3 Å². The van der Waals surface area contributed by atoms with E-state index >= 15 is 0 Å². The van der Waals surface area contributed by atoms with E-state index < -0.39 is 0 Å². The molecule has 0 saturated carbocycles. The van der Waals surface area contributed by atoms with E-state index in [1.165, 1.54) is 0 Å². The summed E-state index contributed by atoms with van der Waals surface area (Å²) in [4.78, 5) is 28.1. The number of likely N-dealkylation sites (N-methyl/N-ethyl adjacent to an activating group) is 2. The van der Waals surface area contributed by atoms with Crippen molar-refractivity contribution in [3.63, 3.8) is 0 Å². The molecule has 128 valence electrons. The van der Waals surface area contributed by atoms with E-state index in [9.17, 15) is 9.59 Å². The van der Waals surface area contributed by atoms with Crippen LogP contribution in [0.5, 0.6) is 0 Å². The van der Waals surface area contributed by atoms with Crippen molar-refractivity contribution in [1.29, 1.82) is 0 Å². The minimum Gasteiger partial charge on any atom is -0.344 e. The Labute approximate surface area is 151 Å². The number of aryl methyl sites for hydroxylation is 1. The molecule has 0 aromatic heterocycles. The summed E-state index contributed by atoms with van der Waals surface area (Å²) in [6.45, 7) is 3.85. The predicted octanol–water partition coefficient (Wildman–Crippen LogP) is 2.21. The van der Waals surface area contributed by atoms with Gasteiger partial charge < -0.3 is 15.1 Å². The molecule has 5 nitrogen and oxygen atoms in total. The smallest absolute Gasteiger partial charge is 0.227 e. The van der Waals surface area contributed by atoms with E-state index in [0.29, 0.717) is 13.1 Å². The average molecular weight is 405 g/mol. The first kappa shape index (κ1) is 19.9. The van der Waals surface area contributed by atoms with E-state index in [0.717, 1.165) is 22.3 Å². The highest BCUT2D eigenvalue weighted by Crippen LogP contribution is 2.29. The molecule has 0 radical (unpaired) electrons. The van der Waals surface area contributed by atoms with Crippen LogP contribution in [0.4, 0.5) is 5.69 Å². The second-order valence-corrected chi connectivity index (χ2v) is 6.56. The number of amides is 2. The van der Waals surface area contributed by atoms with Crippen LogP contribution in [0.15, 0.2) is 22.7 Å². The van der Waals surface area contributed by atoms with Crippen LogP contribution < -0.4 is 10.2 Å². The third-order valence-corrected chi connectivity index (χ3v) is 4.89. The van der Waals surface area contributed by atoms with Crippen LogP contribution in [0.1, 0.15) is 12.0 Å². The van der Waals surface area contributed by atoms with Crippen LogP contribution in [-0.4, -0.2) is 50.4 Å². The van der Waals surface area contributed by atoms with Gasteiger partial charge in [0, 0.05) is 43.3 Å². The fraction of sp³-hybridized carbons (Fsp3) is 0.500. The standard InChI is InChI=1S/C16H22BrN3O2.ClH/c1-11-8-13(4-5-14(11)17)20-10-12(9-15(20)21)16(22)19(3)7-6-18-2;/h4-5,8,12,18H,6-7,9-10H2,1-3H3;1H. The molecule has 7 heteroatoms. The molecule has 1 heterocycles. The zero-order chi connectivity index (χ0) is 16.3. The molecule has 1 N–H and O–H groups in total. The summed E-state index contributed by atoms with van der Waals surface area (Å²) in [6, 6.07) is 5.82. The SMILES string of the molecule is CNCCN(C)C(=O)C1CC(=O)N(c2ccc(Br)c(C)c2)C1.Cl. The molecule has 1 unspecified atom stereocenters. The van der Waals surface area contributed by atoms with Crippen molar-refractivity contribution in [1.82, 2.24) is 10.2 Å². The van der Waals surface area contributed by atoms with Crippen LogP contribution >= 0.6 is 28.3 Å². The number of hydrogen-bond donors (Lipinski definition) is 1. The minimum absolute atomic E-state index is 0. The Morgan fingerprint density at radius 2 is 2.17 bits per heavy atom. The van der Waals surface area contributed by atoms with Crippen molar-refractivity contribution in [3.05, 3.63) is 28.2 Å². The van der Waals surface area contributed by atoms with E-state index in [-0.39, 0.29) is 36.6 Å². The van der Waals surface area contributed by atoms with Crippen molar-refractivity contribution in [2.75, 3.05) is 38.6 Å². The number of benzene rings is 1. The van der Waals surface area contributed by atoms with Crippen LogP contribution in [-0.2, 0) is 9.59 Å². The first-order valence-corrected chi connectivity index (χ1v) is 8.19. The van der Waals surface area contributed by atoms with Gasteiger partial charge in [0.15, 0.2) is 0 Å². The lowest BCUT2D eigenvalue weighted by Gasteiger charge is -2.21. The number of carbonyl (C=O) groups excluding carboxylic acids is 2. The summed E-state index contributed by atoms with van der Waals surface area (Å²) in [5.41, 5.74) is 1.94. The fourth-order valence-electron chi connectivity index (χ4n) is 2.62. The molecule has 1 saturated heterocycles. The first-order chi connectivity index (χ1) is 10.4. The van der Waals surface area contributed by atoms with Crippen LogP contribution in [0.25, 0.3) is 0 Å². The molecule has 1 atom stereocenters. The number of halogens is 2. The van der Waals surface area contributed by atoms with Gasteiger partial charge in [-0.1, -0.05) is 15.9 Å². The Bertz CT molecular complexity index is 582. The number of hydrogen-bond acceptors (Lipinski definition) is 3. The minimum atomic E-state index is -0.252. The highest BCUT2D eigenvalue weighted by atomic mass is 79.9. The van der Waals surface area contributed by atoms with Gasteiger partial charge in [0.25, 0.3) is 0 Å². The lowest BCUT2D eigenvalue weighted by Crippen LogP contribution is -2.38. The molecule has 1 aromatic carbocycles. The Kier molecular flexibility index (Phi) is 7.51. The third kappa shape index (κ3) is 4.68. The highest BCUT2D eigenvalue weighted by molar-refractivity contribution is 9.10. The Balaban J connectivity index is 0.00000264. The molecular formula is C16H23BrClN3O2. The van der Waals surface area contributed by atoms with Gasteiger partial charge in [-0.3, -0.25) is 9.59 Å². The predicted molar refractivity (Wildman–Crippen MR) is 98.2 cm³/mol. The van der Waals surface area contributed by atoms with E-state index in [1.54, 1.807) is 16.8 Å². The van der Waals surface area contributed by atoms with E-state index in [4.69, 9.17) is 0 Å². The molecular weight excluding hydrogens is 382 g/mol. The molecule has 0 spiro atoms. The summed E-state index contributed by atoms with van der Waals surface area (Å²) in [7, 11) is 3.64. The first-order valence-electron chi connectivity index (χ1n) is 7.40. The molecule has 1 aliphatic rings. The van der Waals surface area contributed by atoms with Crippen molar-refractivity contribution < 1.29 is 9.59 Å². The summed E-state index contributed by atoms with van der Waals surface area (Å²) >= 11 is 3.46. The third-order valence-electron chi connectivity index (χ3n) is 4.00. The number of nitrogens with one attached hydrogen (secondary N) is 1. The van der Waals surface area contributed by atoms with Crippen LogP contribution in [0.3, 0.4) is 0 Å². The highest BCUT2D eigenvalue weighted by Gasteiger charge is 2.36. The summed E-state index contributed by atoms with van der Waals surface area (Å²) in [5.74, 6) is -0.194. The molecule has 0 bridgehead atoms. The average Bonchev–Trinajstić information content (AvgIpc) is 2.88. The summed E-state index contributed by atoms with van der Waals surface area (Å²) in [6.07, 6.45) is 0.290. The zero-order valence-electron chi connectivity index (χ0n) is 13.6. The van der Waals surface area contributed by atoms with Gasteiger partial charge in [0.1, 0.15) is 0 Å². The molecule has 2 rings (SSSR count). The number of carbonyl (C=O) groups is 2. The van der Waals surface area contributed by atoms with Gasteiger partial charge in [0.2, 0.25) is 11.8 Å². The molecule has 1 aliphatic heterocycles. The monoisotopic (exact) mass is 403 g/mol. The lowest BCUT2D eigenvalue weighted by molar-refractivity contribution is -0.134. The largest absolute Gasteiger partial charge is 0.344 e. The molecule has 1 fully saturated rings. The lowest BCUT2D eigenvalue weighted by atomic mass is 10.1. The van der Waals surface area contributed by atoms with E-state index in [1.807, 2.05) is 32.2 Å². The normalized spacial score (nSPS) is 17.1. The maximum Gasteiger partial charge on any atom is 0.227 e. The van der Waals surface area contributed by atoms with Gasteiger partial charge in [-0.2, -0.15) is 0 Å². The summed E-state index contributed by atoms with van der Waals surface area (Å²) < 4.78 is 1.02. The topological polar surface area (TPSA) is 52.7 Å². The Morgan fingerprint density at radius 1 is 1.48 bits per heavy atom. The maximum absolute atomic E-state index is 12.4. The molecule has 2 amide bonds. The van der Waals surface area contributed by atoms with Gasteiger partial charge in [-0.05, 0) is 37.7 Å². The molecule has 23 heavy (non-hydrogen) atoms. The summed E-state index contributed by atoms with van der Waals surface area (Å²) in [5, 5.41) is 3.02. The van der Waals surface area contributed by atoms with Crippen LogP contribution in [0.2, 0.25) is 0 Å². The number of rotatable bonds is 5. The van der Waals surface area contributed by atoms with Gasteiger partial charge in [-0.15, -0.1) is 12.4 Å². The quantitative estimate of drug-likeness (QED) is 0.818. The van der Waals surface area contributed by atoms with Gasteiger partial charge in [0.05, 0.1) is 5.92 Å². The second-order valence-electron chi connectivity index (χ2n) is 5.70. The van der Waals surface area contributed by atoms with Gasteiger partial charge in [-0.25, -0.2) is 0 Å². The Morgan fingerprint density at radius 3 is 2.78 bits per heavy atom. The molecule has 0 aliphatic carbocycles. The zero-order valence-corrected chi connectivity index (χ0v) is 16.0. The van der Waals surface area contributed by atoms with Crippen molar-refractivity contribution in [3.8, 4) is 0 Å². The molecule has 1 aromatic rings. The Hall–Kier alpha value is -1.11. The number of nitrogens with zero attached hydrogens (tertiary/aromatic N) is 2. The van der Waals surface area contributed by atoms with Crippen LogP contribution in [0, 0.1) is 12.8 Å². The van der Waals surface area contributed by atoms with Crippen molar-refractivity contribution >= 4 is 45.8 Å². The van der Waals surface area contributed by atoms with Crippen molar-refractivity contribution in [2.24, 2.45) is 5.92 Å².